The highest BCUT2D eigenvalue weighted by Crippen LogP contribution is 2.34. The molecule has 6 nitrogen and oxygen atoms in total. The summed E-state index contributed by atoms with van der Waals surface area (Å²) in [6.45, 7) is 3.61. The predicted molar refractivity (Wildman–Crippen MR) is 120 cm³/mol. The number of pyridine rings is 1. The molecule has 1 unspecified atom stereocenters. The number of ether oxygens (including phenoxy) is 2. The molecule has 1 aliphatic heterocycles. The molecular formula is C25H30N2O4. The summed E-state index contributed by atoms with van der Waals surface area (Å²) >= 11 is 0. The molecule has 0 radical (unpaired) electrons. The van der Waals surface area contributed by atoms with Crippen molar-refractivity contribution in [1.29, 1.82) is 0 Å². The van der Waals surface area contributed by atoms with Crippen LogP contribution in [0.5, 0.6) is 11.5 Å². The van der Waals surface area contributed by atoms with E-state index in [1.165, 1.54) is 0 Å². The molecule has 0 aliphatic carbocycles. The summed E-state index contributed by atoms with van der Waals surface area (Å²) in [5, 5.41) is 22.9. The topological polar surface area (TPSA) is 75.0 Å². The monoisotopic (exact) mass is 422 g/mol. The third-order valence-electron chi connectivity index (χ3n) is 6.13. The maximum absolute atomic E-state index is 11.2. The summed E-state index contributed by atoms with van der Waals surface area (Å²) in [5.41, 5.74) is 1.95. The molecule has 3 aromatic rings. The second-order valence-corrected chi connectivity index (χ2v) is 8.26. The minimum Gasteiger partial charge on any atom is -0.493 e. The van der Waals surface area contributed by atoms with Crippen molar-refractivity contribution in [3.8, 4) is 11.5 Å². The van der Waals surface area contributed by atoms with E-state index in [2.05, 4.69) is 4.98 Å². The van der Waals surface area contributed by atoms with Crippen molar-refractivity contribution in [3.05, 3.63) is 65.9 Å². The molecule has 1 aromatic heterocycles. The summed E-state index contributed by atoms with van der Waals surface area (Å²) in [5.74, 6) is 1.37. The fraction of sp³-hybridized carbons (Fsp3) is 0.400. The van der Waals surface area contributed by atoms with Gasteiger partial charge in [-0.2, -0.15) is 0 Å². The Morgan fingerprint density at radius 2 is 1.87 bits per heavy atom. The predicted octanol–water partition coefficient (Wildman–Crippen LogP) is 3.62. The first-order valence-electron chi connectivity index (χ1n) is 10.8. The van der Waals surface area contributed by atoms with E-state index >= 15 is 0 Å². The zero-order valence-electron chi connectivity index (χ0n) is 18.1. The van der Waals surface area contributed by atoms with E-state index < -0.39 is 11.8 Å². The molecule has 164 valence electrons. The van der Waals surface area contributed by atoms with Crippen LogP contribution in [0.4, 0.5) is 0 Å². The first-order valence-corrected chi connectivity index (χ1v) is 10.8. The number of nitrogens with zero attached hydrogens (tertiary/aromatic N) is 2. The van der Waals surface area contributed by atoms with Crippen LogP contribution >= 0.6 is 0 Å². The number of aliphatic hydroxyl groups is 2. The van der Waals surface area contributed by atoms with E-state index in [1.807, 2.05) is 60.4 Å². The Labute approximate surface area is 183 Å². The number of benzene rings is 2. The van der Waals surface area contributed by atoms with Crippen molar-refractivity contribution in [2.75, 3.05) is 26.8 Å². The Morgan fingerprint density at radius 1 is 1.10 bits per heavy atom. The van der Waals surface area contributed by atoms with Gasteiger partial charge in [0.2, 0.25) is 0 Å². The number of likely N-dealkylation sites (tertiary alicyclic amines) is 1. The number of methoxy groups -OCH3 is 1. The fourth-order valence-corrected chi connectivity index (χ4v) is 4.16. The number of aryl methyl sites for hydroxylation is 1. The van der Waals surface area contributed by atoms with Crippen molar-refractivity contribution in [2.24, 2.45) is 0 Å². The molecule has 1 atom stereocenters. The van der Waals surface area contributed by atoms with Gasteiger partial charge in [0.1, 0.15) is 6.23 Å². The smallest absolute Gasteiger partial charge is 0.161 e. The Morgan fingerprint density at radius 3 is 2.65 bits per heavy atom. The quantitative estimate of drug-likeness (QED) is 0.606. The third-order valence-corrected chi connectivity index (χ3v) is 6.13. The summed E-state index contributed by atoms with van der Waals surface area (Å²) in [6.07, 6.45) is 2.74. The van der Waals surface area contributed by atoms with Gasteiger partial charge >= 0.3 is 0 Å². The SMILES string of the molecule is COc1cc(C)ccc1OCCC(O)N1CCC(O)(c2cnc3ccccc3c2)CC1. The molecular weight excluding hydrogens is 392 g/mol. The number of para-hydroxylation sites is 1. The van der Waals surface area contributed by atoms with Gasteiger partial charge in [-0.25, -0.2) is 0 Å². The van der Waals surface area contributed by atoms with Crippen molar-refractivity contribution >= 4 is 10.9 Å². The normalized spacial score (nSPS) is 17.4. The number of aliphatic hydroxyl groups excluding tert-OH is 1. The second-order valence-electron chi connectivity index (χ2n) is 8.26. The van der Waals surface area contributed by atoms with Crippen LogP contribution in [0.25, 0.3) is 10.9 Å². The molecule has 0 saturated carbocycles. The molecule has 2 N–H and O–H groups in total. The first-order chi connectivity index (χ1) is 15.0. The maximum atomic E-state index is 11.2. The van der Waals surface area contributed by atoms with E-state index in [-0.39, 0.29) is 0 Å². The van der Waals surface area contributed by atoms with Crippen molar-refractivity contribution in [3.63, 3.8) is 0 Å². The van der Waals surface area contributed by atoms with Gasteiger partial charge in [-0.1, -0.05) is 24.3 Å². The molecule has 0 bridgehead atoms. The average Bonchev–Trinajstić information content (AvgIpc) is 2.80. The van der Waals surface area contributed by atoms with Crippen LogP contribution in [-0.4, -0.2) is 53.1 Å². The lowest BCUT2D eigenvalue weighted by Crippen LogP contribution is -2.47. The highest BCUT2D eigenvalue weighted by atomic mass is 16.5. The molecule has 0 spiro atoms. The Kier molecular flexibility index (Phi) is 6.41. The zero-order chi connectivity index (χ0) is 21.8. The largest absolute Gasteiger partial charge is 0.493 e. The molecule has 6 heteroatoms. The van der Waals surface area contributed by atoms with E-state index in [0.717, 1.165) is 22.0 Å². The van der Waals surface area contributed by atoms with Crippen LogP contribution in [0.1, 0.15) is 30.4 Å². The molecule has 0 amide bonds. The van der Waals surface area contributed by atoms with Crippen LogP contribution in [0.3, 0.4) is 0 Å². The standard InChI is InChI=1S/C25H30N2O4/c1-18-7-8-22(23(15-18)30-2)31-14-9-24(28)27-12-10-25(29,11-13-27)20-16-19-5-3-4-6-21(19)26-17-20/h3-8,15-17,24,28-29H,9-14H2,1-2H3. The lowest BCUT2D eigenvalue weighted by Gasteiger charge is -2.40. The van der Waals surface area contributed by atoms with Gasteiger partial charge in [0.15, 0.2) is 11.5 Å². The first kappa shape index (κ1) is 21.6. The number of hydrogen-bond donors (Lipinski definition) is 2. The van der Waals surface area contributed by atoms with Crippen LogP contribution in [0, 0.1) is 6.92 Å². The molecule has 1 aliphatic rings. The van der Waals surface area contributed by atoms with Gasteiger partial charge in [0.25, 0.3) is 0 Å². The number of piperidine rings is 1. The Bertz CT molecular complexity index is 1030. The number of hydrogen-bond acceptors (Lipinski definition) is 6. The van der Waals surface area contributed by atoms with Crippen LogP contribution < -0.4 is 9.47 Å². The minimum absolute atomic E-state index is 0.385. The fourth-order valence-electron chi connectivity index (χ4n) is 4.16. The second kappa shape index (κ2) is 9.22. The van der Waals surface area contributed by atoms with Gasteiger partial charge < -0.3 is 19.7 Å². The molecule has 31 heavy (non-hydrogen) atoms. The number of rotatable bonds is 7. The average molecular weight is 423 g/mol. The lowest BCUT2D eigenvalue weighted by atomic mass is 9.84. The molecule has 2 aromatic carbocycles. The van der Waals surface area contributed by atoms with Crippen LogP contribution in [0.15, 0.2) is 54.7 Å². The summed E-state index contributed by atoms with van der Waals surface area (Å²) in [6, 6.07) is 15.7. The van der Waals surface area contributed by atoms with Crippen LogP contribution in [0.2, 0.25) is 0 Å². The zero-order valence-corrected chi connectivity index (χ0v) is 18.1. The van der Waals surface area contributed by atoms with E-state index in [4.69, 9.17) is 9.47 Å². The number of fused-ring (bicyclic) bond motifs is 1. The van der Waals surface area contributed by atoms with Gasteiger partial charge in [-0.3, -0.25) is 9.88 Å². The lowest BCUT2D eigenvalue weighted by molar-refractivity contribution is -0.0820. The summed E-state index contributed by atoms with van der Waals surface area (Å²) in [7, 11) is 1.62. The number of aromatic nitrogens is 1. The van der Waals surface area contributed by atoms with Crippen LogP contribution in [-0.2, 0) is 5.60 Å². The van der Waals surface area contributed by atoms with Crippen molar-refractivity contribution in [2.45, 2.75) is 38.0 Å². The molecule has 4 rings (SSSR count). The molecule has 1 saturated heterocycles. The van der Waals surface area contributed by atoms with Crippen molar-refractivity contribution < 1.29 is 19.7 Å². The molecule has 2 heterocycles. The minimum atomic E-state index is -0.918. The van der Waals surface area contributed by atoms with Gasteiger partial charge in [-0.15, -0.1) is 0 Å². The van der Waals surface area contributed by atoms with E-state index in [9.17, 15) is 10.2 Å². The van der Waals surface area contributed by atoms with Crippen molar-refractivity contribution in [1.82, 2.24) is 9.88 Å². The Balaban J connectivity index is 1.31. The highest BCUT2D eigenvalue weighted by Gasteiger charge is 2.36. The van der Waals surface area contributed by atoms with E-state index in [0.29, 0.717) is 50.5 Å². The third kappa shape index (κ3) is 4.82. The van der Waals surface area contributed by atoms with Gasteiger partial charge in [-0.05, 0) is 49.6 Å². The maximum Gasteiger partial charge on any atom is 0.161 e. The summed E-state index contributed by atoms with van der Waals surface area (Å²) in [4.78, 5) is 6.49. The highest BCUT2D eigenvalue weighted by molar-refractivity contribution is 5.78. The Hall–Kier alpha value is -2.67. The van der Waals surface area contributed by atoms with Gasteiger partial charge in [0, 0.05) is 36.7 Å². The van der Waals surface area contributed by atoms with Gasteiger partial charge in [0.05, 0.1) is 24.8 Å². The molecule has 1 fully saturated rings. The summed E-state index contributed by atoms with van der Waals surface area (Å²) < 4.78 is 11.2. The van der Waals surface area contributed by atoms with E-state index in [1.54, 1.807) is 13.3 Å².